The molecule has 0 aromatic heterocycles. The van der Waals surface area contributed by atoms with Crippen LogP contribution in [-0.2, 0) is 0 Å². The molecule has 0 radical (unpaired) electrons. The van der Waals surface area contributed by atoms with Crippen molar-refractivity contribution < 1.29 is 0 Å². The normalized spacial score (nSPS) is 12.4. The highest BCUT2D eigenvalue weighted by Gasteiger charge is 2.10. The summed E-state index contributed by atoms with van der Waals surface area (Å²) < 4.78 is 1.12. The Morgan fingerprint density at radius 1 is 1.11 bits per heavy atom. The highest BCUT2D eigenvalue weighted by Crippen LogP contribution is 2.29. The Bertz CT molecular complexity index is 522. The first-order valence-corrected chi connectivity index (χ1v) is 7.10. The predicted octanol–water partition coefficient (Wildman–Crippen LogP) is 4.79. The van der Waals surface area contributed by atoms with Crippen LogP contribution in [0.5, 0.6) is 0 Å². The van der Waals surface area contributed by atoms with E-state index in [2.05, 4.69) is 83.6 Å². The van der Waals surface area contributed by atoms with Crippen molar-refractivity contribution in [2.75, 3.05) is 6.54 Å². The minimum Gasteiger partial charge on any atom is -0.310 e. The lowest BCUT2D eigenvalue weighted by Gasteiger charge is -2.17. The number of hydrogen-bond acceptors (Lipinski definition) is 1. The van der Waals surface area contributed by atoms with Gasteiger partial charge < -0.3 is 5.32 Å². The van der Waals surface area contributed by atoms with Crippen LogP contribution in [0.3, 0.4) is 0 Å². The maximum absolute atomic E-state index is 3.54. The van der Waals surface area contributed by atoms with E-state index in [0.717, 1.165) is 11.0 Å². The second kappa shape index (κ2) is 6.17. The van der Waals surface area contributed by atoms with Gasteiger partial charge in [0.1, 0.15) is 0 Å². The molecular formula is C16H18BrN. The number of benzene rings is 2. The summed E-state index contributed by atoms with van der Waals surface area (Å²) in [5.41, 5.74) is 3.90. The summed E-state index contributed by atoms with van der Waals surface area (Å²) in [6.45, 7) is 5.33. The van der Waals surface area contributed by atoms with Gasteiger partial charge in [0.25, 0.3) is 0 Å². The van der Waals surface area contributed by atoms with Gasteiger partial charge in [-0.05, 0) is 42.3 Å². The summed E-state index contributed by atoms with van der Waals surface area (Å²) in [5.74, 6) is 0. The van der Waals surface area contributed by atoms with Crippen LogP contribution in [0.15, 0.2) is 53.0 Å². The van der Waals surface area contributed by atoms with Gasteiger partial charge in [-0.25, -0.2) is 0 Å². The lowest BCUT2D eigenvalue weighted by atomic mass is 9.95. The standard InChI is InChI=1S/C16H18BrN/c1-3-18-12(2)15-9-4-5-10-16(15)13-7-6-8-14(17)11-13/h4-12,18H,3H2,1-2H3. The van der Waals surface area contributed by atoms with E-state index < -0.39 is 0 Å². The molecule has 2 rings (SSSR count). The van der Waals surface area contributed by atoms with Crippen molar-refractivity contribution in [2.24, 2.45) is 0 Å². The number of halogens is 1. The Balaban J connectivity index is 2.44. The molecule has 94 valence electrons. The molecule has 0 saturated heterocycles. The molecule has 2 heteroatoms. The largest absolute Gasteiger partial charge is 0.310 e. The Morgan fingerprint density at radius 3 is 2.61 bits per heavy atom. The Morgan fingerprint density at radius 2 is 1.89 bits per heavy atom. The smallest absolute Gasteiger partial charge is 0.0297 e. The number of rotatable bonds is 4. The van der Waals surface area contributed by atoms with Crippen LogP contribution in [0.2, 0.25) is 0 Å². The third-order valence-electron chi connectivity index (χ3n) is 3.07. The molecular weight excluding hydrogens is 286 g/mol. The average Bonchev–Trinajstić information content (AvgIpc) is 2.39. The van der Waals surface area contributed by atoms with Gasteiger partial charge in [-0.1, -0.05) is 59.3 Å². The second-order valence-corrected chi connectivity index (χ2v) is 5.29. The summed E-state index contributed by atoms with van der Waals surface area (Å²) in [6, 6.07) is 17.4. The Labute approximate surface area is 117 Å². The first kappa shape index (κ1) is 13.3. The van der Waals surface area contributed by atoms with Gasteiger partial charge in [-0.3, -0.25) is 0 Å². The number of nitrogens with one attached hydrogen (secondary N) is 1. The quantitative estimate of drug-likeness (QED) is 0.856. The van der Waals surface area contributed by atoms with Crippen molar-refractivity contribution in [3.8, 4) is 11.1 Å². The molecule has 0 bridgehead atoms. The molecule has 1 N–H and O–H groups in total. The van der Waals surface area contributed by atoms with Crippen LogP contribution in [0.4, 0.5) is 0 Å². The molecule has 0 aliphatic rings. The highest BCUT2D eigenvalue weighted by molar-refractivity contribution is 9.10. The second-order valence-electron chi connectivity index (χ2n) is 4.38. The van der Waals surface area contributed by atoms with Gasteiger partial charge in [-0.15, -0.1) is 0 Å². The predicted molar refractivity (Wildman–Crippen MR) is 81.7 cm³/mol. The van der Waals surface area contributed by atoms with Gasteiger partial charge in [0, 0.05) is 10.5 Å². The fourth-order valence-corrected chi connectivity index (χ4v) is 2.61. The van der Waals surface area contributed by atoms with Gasteiger partial charge in [0.15, 0.2) is 0 Å². The van der Waals surface area contributed by atoms with Crippen LogP contribution >= 0.6 is 15.9 Å². The van der Waals surface area contributed by atoms with Crippen LogP contribution in [0.25, 0.3) is 11.1 Å². The summed E-state index contributed by atoms with van der Waals surface area (Å²) in [4.78, 5) is 0. The molecule has 2 aromatic carbocycles. The molecule has 18 heavy (non-hydrogen) atoms. The highest BCUT2D eigenvalue weighted by atomic mass is 79.9. The zero-order chi connectivity index (χ0) is 13.0. The monoisotopic (exact) mass is 303 g/mol. The zero-order valence-corrected chi connectivity index (χ0v) is 12.4. The molecule has 1 unspecified atom stereocenters. The fraction of sp³-hybridized carbons (Fsp3) is 0.250. The van der Waals surface area contributed by atoms with Gasteiger partial charge in [0.2, 0.25) is 0 Å². The maximum atomic E-state index is 3.54. The molecule has 0 amide bonds. The molecule has 1 atom stereocenters. The minimum absolute atomic E-state index is 0.366. The maximum Gasteiger partial charge on any atom is 0.0297 e. The van der Waals surface area contributed by atoms with Crippen LogP contribution < -0.4 is 5.32 Å². The SMILES string of the molecule is CCNC(C)c1ccccc1-c1cccc(Br)c1. The van der Waals surface area contributed by atoms with E-state index in [0.29, 0.717) is 6.04 Å². The lowest BCUT2D eigenvalue weighted by Crippen LogP contribution is -2.18. The van der Waals surface area contributed by atoms with Crippen LogP contribution in [0.1, 0.15) is 25.5 Å². The van der Waals surface area contributed by atoms with Crippen LogP contribution in [0, 0.1) is 0 Å². The van der Waals surface area contributed by atoms with Gasteiger partial charge in [0.05, 0.1) is 0 Å². The average molecular weight is 304 g/mol. The lowest BCUT2D eigenvalue weighted by molar-refractivity contribution is 0.599. The summed E-state index contributed by atoms with van der Waals surface area (Å²) in [6.07, 6.45) is 0. The molecule has 0 aliphatic heterocycles. The van der Waals surface area contributed by atoms with Crippen molar-refractivity contribution in [1.82, 2.24) is 5.32 Å². The molecule has 1 nitrogen and oxygen atoms in total. The van der Waals surface area contributed by atoms with Crippen LogP contribution in [-0.4, -0.2) is 6.54 Å². The molecule has 2 aromatic rings. The first-order chi connectivity index (χ1) is 8.72. The summed E-state index contributed by atoms with van der Waals surface area (Å²) in [7, 11) is 0. The first-order valence-electron chi connectivity index (χ1n) is 6.30. The van der Waals surface area contributed by atoms with Gasteiger partial charge >= 0.3 is 0 Å². The number of hydrogen-bond donors (Lipinski definition) is 1. The van der Waals surface area contributed by atoms with E-state index in [1.807, 2.05) is 0 Å². The minimum atomic E-state index is 0.366. The van der Waals surface area contributed by atoms with Crippen molar-refractivity contribution in [1.29, 1.82) is 0 Å². The van der Waals surface area contributed by atoms with E-state index in [1.165, 1.54) is 16.7 Å². The van der Waals surface area contributed by atoms with E-state index >= 15 is 0 Å². The van der Waals surface area contributed by atoms with Gasteiger partial charge in [-0.2, -0.15) is 0 Å². The Hall–Kier alpha value is -1.12. The molecule has 0 fully saturated rings. The Kier molecular flexibility index (Phi) is 4.56. The third-order valence-corrected chi connectivity index (χ3v) is 3.57. The van der Waals surface area contributed by atoms with Crippen molar-refractivity contribution >= 4 is 15.9 Å². The van der Waals surface area contributed by atoms with Crippen molar-refractivity contribution in [2.45, 2.75) is 19.9 Å². The summed E-state index contributed by atoms with van der Waals surface area (Å²) >= 11 is 3.54. The van der Waals surface area contributed by atoms with E-state index in [1.54, 1.807) is 0 Å². The molecule has 0 heterocycles. The van der Waals surface area contributed by atoms with E-state index in [9.17, 15) is 0 Å². The zero-order valence-electron chi connectivity index (χ0n) is 10.8. The van der Waals surface area contributed by atoms with Crippen molar-refractivity contribution in [3.63, 3.8) is 0 Å². The molecule has 0 spiro atoms. The fourth-order valence-electron chi connectivity index (χ4n) is 2.21. The van der Waals surface area contributed by atoms with E-state index in [-0.39, 0.29) is 0 Å². The molecule has 0 aliphatic carbocycles. The topological polar surface area (TPSA) is 12.0 Å². The molecule has 0 saturated carbocycles. The summed E-state index contributed by atoms with van der Waals surface area (Å²) in [5, 5.41) is 3.47. The van der Waals surface area contributed by atoms with Crippen molar-refractivity contribution in [3.05, 3.63) is 58.6 Å². The van der Waals surface area contributed by atoms with E-state index in [4.69, 9.17) is 0 Å². The third kappa shape index (κ3) is 3.01.